The summed E-state index contributed by atoms with van der Waals surface area (Å²) in [6, 6.07) is 16.2. The quantitative estimate of drug-likeness (QED) is 0.592. The van der Waals surface area contributed by atoms with Crippen molar-refractivity contribution in [3.05, 3.63) is 59.0 Å². The third-order valence-corrected chi connectivity index (χ3v) is 5.67. The number of hydrogen-bond donors (Lipinski definition) is 1. The molecule has 0 spiro atoms. The first-order valence-electron chi connectivity index (χ1n) is 7.68. The third kappa shape index (κ3) is 3.43. The smallest absolute Gasteiger partial charge is 0.266 e. The highest BCUT2D eigenvalue weighted by Gasteiger charge is 2.17. The lowest BCUT2D eigenvalue weighted by molar-refractivity contribution is 0.103. The fourth-order valence-electron chi connectivity index (χ4n) is 2.67. The molecule has 0 aliphatic carbocycles. The van der Waals surface area contributed by atoms with Crippen LogP contribution in [0.1, 0.15) is 28.6 Å². The van der Waals surface area contributed by atoms with Crippen molar-refractivity contribution in [1.29, 1.82) is 0 Å². The Morgan fingerprint density at radius 1 is 1.17 bits per heavy atom. The minimum Gasteiger partial charge on any atom is -0.321 e. The van der Waals surface area contributed by atoms with E-state index in [1.165, 1.54) is 15.6 Å². The minimum absolute atomic E-state index is 0.00657. The number of carbonyl (C=O) groups excluding carboxylic acids is 1. The first-order valence-corrected chi connectivity index (χ1v) is 9.73. The molecular formula is C19H19NOS2. The molecular weight excluding hydrogens is 322 g/mol. The molecule has 1 heterocycles. The molecule has 0 saturated carbocycles. The summed E-state index contributed by atoms with van der Waals surface area (Å²) in [4.78, 5) is 14.8. The maximum Gasteiger partial charge on any atom is 0.266 e. The molecule has 118 valence electrons. The van der Waals surface area contributed by atoms with Crippen molar-refractivity contribution in [2.45, 2.75) is 24.7 Å². The van der Waals surface area contributed by atoms with Gasteiger partial charge in [0.15, 0.2) is 0 Å². The van der Waals surface area contributed by atoms with E-state index < -0.39 is 0 Å². The number of nitrogens with one attached hydrogen (secondary N) is 1. The first-order chi connectivity index (χ1) is 11.2. The van der Waals surface area contributed by atoms with Gasteiger partial charge in [0.25, 0.3) is 5.91 Å². The van der Waals surface area contributed by atoms with Crippen LogP contribution >= 0.6 is 23.1 Å². The Bertz CT molecular complexity index is 838. The van der Waals surface area contributed by atoms with Gasteiger partial charge in [-0.1, -0.05) is 37.6 Å². The number of thiophene rings is 1. The molecule has 0 unspecified atom stereocenters. The number of benzene rings is 2. The van der Waals surface area contributed by atoms with Crippen LogP contribution in [0.4, 0.5) is 5.69 Å². The summed E-state index contributed by atoms with van der Waals surface area (Å²) in [6.07, 6.45) is 3.99. The van der Waals surface area contributed by atoms with Crippen molar-refractivity contribution in [3.63, 3.8) is 0 Å². The highest BCUT2D eigenvalue weighted by Crippen LogP contribution is 2.33. The number of hydrogen-bond acceptors (Lipinski definition) is 3. The number of rotatable bonds is 5. The van der Waals surface area contributed by atoms with Crippen LogP contribution in [0, 0.1) is 0 Å². The second-order valence-electron chi connectivity index (χ2n) is 5.34. The van der Waals surface area contributed by atoms with E-state index in [9.17, 15) is 4.79 Å². The molecule has 0 aliphatic heterocycles. The van der Waals surface area contributed by atoms with Crippen molar-refractivity contribution < 1.29 is 4.79 Å². The van der Waals surface area contributed by atoms with Crippen molar-refractivity contribution in [3.8, 4) is 0 Å². The highest BCUT2D eigenvalue weighted by atomic mass is 32.2. The van der Waals surface area contributed by atoms with Crippen molar-refractivity contribution in [2.75, 3.05) is 11.6 Å². The molecule has 1 N–H and O–H groups in total. The van der Waals surface area contributed by atoms with E-state index in [1.807, 2.05) is 42.7 Å². The molecule has 2 nitrogen and oxygen atoms in total. The van der Waals surface area contributed by atoms with E-state index in [0.29, 0.717) is 0 Å². The lowest BCUT2D eigenvalue weighted by atomic mass is 10.1. The van der Waals surface area contributed by atoms with Crippen LogP contribution < -0.4 is 5.32 Å². The summed E-state index contributed by atoms with van der Waals surface area (Å²) in [5.41, 5.74) is 2.02. The Labute approximate surface area is 144 Å². The van der Waals surface area contributed by atoms with E-state index in [1.54, 1.807) is 23.1 Å². The van der Waals surface area contributed by atoms with Crippen molar-refractivity contribution >= 4 is 44.8 Å². The van der Waals surface area contributed by atoms with Crippen LogP contribution in [0.2, 0.25) is 0 Å². The summed E-state index contributed by atoms with van der Waals surface area (Å²) < 4.78 is 1.18. The zero-order valence-corrected chi connectivity index (χ0v) is 14.9. The number of anilines is 1. The van der Waals surface area contributed by atoms with Crippen LogP contribution in [-0.2, 0) is 6.42 Å². The predicted molar refractivity (Wildman–Crippen MR) is 102 cm³/mol. The standard InChI is InChI=1S/C19H19NOS2/c1-3-7-16-15-10-4-5-11-17(15)23-18(16)19(21)20-13-8-6-9-14(12-13)22-2/h4-6,8-12H,3,7H2,1-2H3,(H,20,21). The van der Waals surface area contributed by atoms with Gasteiger partial charge in [-0.05, 0) is 47.9 Å². The third-order valence-electron chi connectivity index (χ3n) is 3.73. The van der Waals surface area contributed by atoms with E-state index in [-0.39, 0.29) is 5.91 Å². The van der Waals surface area contributed by atoms with Gasteiger partial charge in [-0.3, -0.25) is 4.79 Å². The van der Waals surface area contributed by atoms with Gasteiger partial charge in [0.05, 0.1) is 4.88 Å². The lowest BCUT2D eigenvalue weighted by Crippen LogP contribution is -2.12. The summed E-state index contributed by atoms with van der Waals surface area (Å²) in [5.74, 6) is -0.00657. The Kier molecular flexibility index (Phi) is 5.03. The summed E-state index contributed by atoms with van der Waals surface area (Å²) in [6.45, 7) is 2.15. The fourth-order valence-corrected chi connectivity index (χ4v) is 4.28. The molecule has 3 rings (SSSR count). The molecule has 23 heavy (non-hydrogen) atoms. The van der Waals surface area contributed by atoms with Crippen LogP contribution in [-0.4, -0.2) is 12.2 Å². The summed E-state index contributed by atoms with van der Waals surface area (Å²) in [5, 5.41) is 4.26. The van der Waals surface area contributed by atoms with Gasteiger partial charge in [0.2, 0.25) is 0 Å². The van der Waals surface area contributed by atoms with Gasteiger partial charge in [-0.2, -0.15) is 0 Å². The largest absolute Gasteiger partial charge is 0.321 e. The molecule has 1 amide bonds. The molecule has 0 atom stereocenters. The average molecular weight is 342 g/mol. The van der Waals surface area contributed by atoms with Crippen molar-refractivity contribution in [2.24, 2.45) is 0 Å². The summed E-state index contributed by atoms with van der Waals surface area (Å²) >= 11 is 3.26. The van der Waals surface area contributed by atoms with Gasteiger partial charge in [-0.25, -0.2) is 0 Å². The molecule has 4 heteroatoms. The zero-order valence-electron chi connectivity index (χ0n) is 13.3. The number of carbonyl (C=O) groups is 1. The maximum atomic E-state index is 12.8. The molecule has 1 aromatic heterocycles. The molecule has 0 aliphatic rings. The minimum atomic E-state index is -0.00657. The van der Waals surface area contributed by atoms with E-state index >= 15 is 0 Å². The summed E-state index contributed by atoms with van der Waals surface area (Å²) in [7, 11) is 0. The number of aryl methyl sites for hydroxylation is 1. The van der Waals surface area contributed by atoms with Crippen LogP contribution in [0.3, 0.4) is 0 Å². The Morgan fingerprint density at radius 3 is 2.78 bits per heavy atom. The Morgan fingerprint density at radius 2 is 2.00 bits per heavy atom. The molecule has 0 saturated heterocycles. The Hall–Kier alpha value is -1.78. The van der Waals surface area contributed by atoms with Gasteiger partial charge >= 0.3 is 0 Å². The molecule has 2 aromatic carbocycles. The molecule has 0 bridgehead atoms. The second kappa shape index (κ2) is 7.20. The van der Waals surface area contributed by atoms with Gasteiger partial charge in [0, 0.05) is 15.3 Å². The van der Waals surface area contributed by atoms with Gasteiger partial charge in [0.1, 0.15) is 0 Å². The molecule has 0 radical (unpaired) electrons. The van der Waals surface area contributed by atoms with Gasteiger partial charge in [-0.15, -0.1) is 23.1 Å². The van der Waals surface area contributed by atoms with Crippen LogP contribution in [0.5, 0.6) is 0 Å². The van der Waals surface area contributed by atoms with Crippen molar-refractivity contribution in [1.82, 2.24) is 0 Å². The number of fused-ring (bicyclic) bond motifs is 1. The van der Waals surface area contributed by atoms with E-state index in [4.69, 9.17) is 0 Å². The highest BCUT2D eigenvalue weighted by molar-refractivity contribution is 7.98. The monoisotopic (exact) mass is 341 g/mol. The SMILES string of the molecule is CCCc1c(C(=O)Nc2cccc(SC)c2)sc2ccccc12. The molecule has 3 aromatic rings. The van der Waals surface area contributed by atoms with E-state index in [2.05, 4.69) is 24.4 Å². The normalized spacial score (nSPS) is 10.9. The predicted octanol–water partition coefficient (Wildman–Crippen LogP) is 5.83. The zero-order chi connectivity index (χ0) is 16.2. The van der Waals surface area contributed by atoms with Crippen LogP contribution in [0.25, 0.3) is 10.1 Å². The first kappa shape index (κ1) is 16.1. The average Bonchev–Trinajstić information content (AvgIpc) is 2.94. The Balaban J connectivity index is 1.95. The number of amides is 1. The number of thioether (sulfide) groups is 1. The topological polar surface area (TPSA) is 29.1 Å². The van der Waals surface area contributed by atoms with Crippen LogP contribution in [0.15, 0.2) is 53.4 Å². The van der Waals surface area contributed by atoms with E-state index in [0.717, 1.165) is 28.3 Å². The fraction of sp³-hybridized carbons (Fsp3) is 0.211. The maximum absolute atomic E-state index is 12.8. The van der Waals surface area contributed by atoms with Gasteiger partial charge < -0.3 is 5.32 Å². The lowest BCUT2D eigenvalue weighted by Gasteiger charge is -2.07. The second-order valence-corrected chi connectivity index (χ2v) is 7.27. The molecule has 0 fully saturated rings.